The fourth-order valence-corrected chi connectivity index (χ4v) is 4.14. The number of anilines is 1. The molecule has 0 bridgehead atoms. The molecule has 0 fully saturated rings. The predicted molar refractivity (Wildman–Crippen MR) is 128 cm³/mol. The Labute approximate surface area is 195 Å². The van der Waals surface area contributed by atoms with E-state index in [4.69, 9.17) is 0 Å². The lowest BCUT2D eigenvalue weighted by Gasteiger charge is -2.32. The third-order valence-electron chi connectivity index (χ3n) is 5.38. The first-order valence-electron chi connectivity index (χ1n) is 10.8. The fraction of sp³-hybridized carbons (Fsp3) is 0.417. The van der Waals surface area contributed by atoms with Crippen molar-refractivity contribution in [2.45, 2.75) is 52.7 Å². The number of carbonyl (C=O) groups excluding carboxylic acids is 2. The fourth-order valence-electron chi connectivity index (χ4n) is 3.30. The summed E-state index contributed by atoms with van der Waals surface area (Å²) in [6.07, 6.45) is 1.68. The van der Waals surface area contributed by atoms with Gasteiger partial charge in [0.15, 0.2) is 0 Å². The van der Waals surface area contributed by atoms with E-state index in [1.54, 1.807) is 6.92 Å². The molecule has 0 unspecified atom stereocenters. The molecule has 180 valence electrons. The molecule has 2 amide bonds. The van der Waals surface area contributed by atoms with E-state index in [-0.39, 0.29) is 24.2 Å². The number of benzene rings is 2. The van der Waals surface area contributed by atoms with Gasteiger partial charge >= 0.3 is 0 Å². The van der Waals surface area contributed by atoms with Crippen molar-refractivity contribution in [3.05, 3.63) is 65.5 Å². The molecule has 0 saturated heterocycles. The Morgan fingerprint density at radius 1 is 1.09 bits per heavy atom. The molecule has 0 radical (unpaired) electrons. The van der Waals surface area contributed by atoms with Crippen LogP contribution in [-0.4, -0.2) is 50.0 Å². The van der Waals surface area contributed by atoms with Crippen LogP contribution in [0, 0.1) is 12.7 Å². The zero-order chi connectivity index (χ0) is 24.8. The Hall–Kier alpha value is -2.94. The molecular formula is C24H32FN3O4S. The third-order valence-corrected chi connectivity index (χ3v) is 6.52. The van der Waals surface area contributed by atoms with E-state index in [1.807, 2.05) is 45.0 Å². The van der Waals surface area contributed by atoms with Gasteiger partial charge in [-0.05, 0) is 51.0 Å². The predicted octanol–water partition coefficient (Wildman–Crippen LogP) is 3.23. The van der Waals surface area contributed by atoms with E-state index >= 15 is 0 Å². The van der Waals surface area contributed by atoms with E-state index in [0.29, 0.717) is 0 Å². The van der Waals surface area contributed by atoms with Gasteiger partial charge in [-0.15, -0.1) is 0 Å². The van der Waals surface area contributed by atoms with Crippen molar-refractivity contribution < 1.29 is 22.4 Å². The Kier molecular flexibility index (Phi) is 8.99. The summed E-state index contributed by atoms with van der Waals surface area (Å²) in [7, 11) is -3.89. The average molecular weight is 478 g/mol. The minimum Gasteiger partial charge on any atom is -0.352 e. The summed E-state index contributed by atoms with van der Waals surface area (Å²) in [6, 6.07) is 11.6. The van der Waals surface area contributed by atoms with Crippen LogP contribution < -0.4 is 9.62 Å². The van der Waals surface area contributed by atoms with E-state index in [0.717, 1.165) is 34.2 Å². The number of amides is 2. The monoisotopic (exact) mass is 477 g/mol. The average Bonchev–Trinajstić information content (AvgIpc) is 2.74. The largest absolute Gasteiger partial charge is 0.352 e. The molecule has 33 heavy (non-hydrogen) atoms. The van der Waals surface area contributed by atoms with Crippen LogP contribution in [0.4, 0.5) is 10.1 Å². The van der Waals surface area contributed by atoms with Crippen LogP contribution in [0.2, 0.25) is 0 Å². The Morgan fingerprint density at radius 3 is 2.33 bits per heavy atom. The van der Waals surface area contributed by atoms with Gasteiger partial charge in [-0.1, -0.05) is 42.8 Å². The van der Waals surface area contributed by atoms with Crippen molar-refractivity contribution in [2.75, 3.05) is 17.1 Å². The lowest BCUT2D eigenvalue weighted by molar-refractivity contribution is -0.139. The number of aryl methyl sites for hydroxylation is 1. The number of halogens is 1. The zero-order valence-corrected chi connectivity index (χ0v) is 20.5. The number of nitrogens with zero attached hydrogens (tertiary/aromatic N) is 2. The van der Waals surface area contributed by atoms with Gasteiger partial charge in [-0.25, -0.2) is 12.8 Å². The standard InChI is InChI=1S/C24H32FN3O4S/c1-6-18(3)26-24(30)19(4)27(15-20-10-7-9-17(2)13-20)23(29)16-28(33(5,31)32)22-12-8-11-21(25)14-22/h7-14,18-19H,6,15-16H2,1-5H3,(H,26,30)/t18-,19+/m0/s1. The lowest BCUT2D eigenvalue weighted by atomic mass is 10.1. The first-order chi connectivity index (χ1) is 15.4. The first-order valence-corrected chi connectivity index (χ1v) is 12.7. The zero-order valence-electron chi connectivity index (χ0n) is 19.7. The van der Waals surface area contributed by atoms with Crippen molar-refractivity contribution in [3.63, 3.8) is 0 Å². The second kappa shape index (κ2) is 11.3. The number of hydrogen-bond acceptors (Lipinski definition) is 4. The van der Waals surface area contributed by atoms with Crippen molar-refractivity contribution in [1.29, 1.82) is 0 Å². The smallest absolute Gasteiger partial charge is 0.244 e. The van der Waals surface area contributed by atoms with Gasteiger partial charge < -0.3 is 10.2 Å². The topological polar surface area (TPSA) is 86.8 Å². The highest BCUT2D eigenvalue weighted by atomic mass is 32.2. The maximum atomic E-state index is 13.8. The number of rotatable bonds is 10. The van der Waals surface area contributed by atoms with E-state index in [2.05, 4.69) is 5.32 Å². The van der Waals surface area contributed by atoms with Gasteiger partial charge in [0.05, 0.1) is 11.9 Å². The van der Waals surface area contributed by atoms with Crippen LogP contribution in [0.5, 0.6) is 0 Å². The molecule has 0 aliphatic heterocycles. The molecule has 0 aliphatic carbocycles. The molecule has 2 aromatic carbocycles. The summed E-state index contributed by atoms with van der Waals surface area (Å²) in [5.74, 6) is -1.52. The summed E-state index contributed by atoms with van der Waals surface area (Å²) in [5.41, 5.74) is 1.84. The summed E-state index contributed by atoms with van der Waals surface area (Å²) < 4.78 is 39.5. The molecule has 2 aromatic rings. The number of carbonyl (C=O) groups is 2. The van der Waals surface area contributed by atoms with E-state index in [9.17, 15) is 22.4 Å². The van der Waals surface area contributed by atoms with Crippen LogP contribution in [0.1, 0.15) is 38.3 Å². The summed E-state index contributed by atoms with van der Waals surface area (Å²) in [5, 5.41) is 2.87. The van der Waals surface area contributed by atoms with Gasteiger partial charge in [0.2, 0.25) is 21.8 Å². The second-order valence-corrected chi connectivity index (χ2v) is 10.2. The van der Waals surface area contributed by atoms with Gasteiger partial charge in [0, 0.05) is 12.6 Å². The quantitative estimate of drug-likeness (QED) is 0.569. The minimum absolute atomic E-state index is 0.0399. The van der Waals surface area contributed by atoms with Gasteiger partial charge in [-0.3, -0.25) is 13.9 Å². The Bertz CT molecular complexity index is 1090. The molecular weight excluding hydrogens is 445 g/mol. The number of sulfonamides is 1. The second-order valence-electron chi connectivity index (χ2n) is 8.25. The molecule has 0 aromatic heterocycles. The molecule has 0 spiro atoms. The van der Waals surface area contributed by atoms with Crippen LogP contribution in [0.15, 0.2) is 48.5 Å². The van der Waals surface area contributed by atoms with Crippen LogP contribution in [0.25, 0.3) is 0 Å². The highest BCUT2D eigenvalue weighted by Gasteiger charge is 2.30. The first kappa shape index (κ1) is 26.3. The third kappa shape index (κ3) is 7.56. The van der Waals surface area contributed by atoms with Crippen molar-refractivity contribution in [3.8, 4) is 0 Å². The molecule has 9 heteroatoms. The molecule has 0 aliphatic rings. The molecule has 2 atom stereocenters. The van der Waals surface area contributed by atoms with E-state index in [1.165, 1.54) is 23.1 Å². The molecule has 2 rings (SSSR count). The number of hydrogen-bond donors (Lipinski definition) is 1. The maximum Gasteiger partial charge on any atom is 0.244 e. The van der Waals surface area contributed by atoms with Crippen LogP contribution >= 0.6 is 0 Å². The molecule has 0 saturated carbocycles. The van der Waals surface area contributed by atoms with Crippen LogP contribution in [0.3, 0.4) is 0 Å². The van der Waals surface area contributed by atoms with Crippen molar-refractivity contribution >= 4 is 27.5 Å². The molecule has 1 N–H and O–H groups in total. The highest BCUT2D eigenvalue weighted by Crippen LogP contribution is 2.20. The molecule has 0 heterocycles. The Balaban J connectivity index is 2.38. The maximum absolute atomic E-state index is 13.8. The summed E-state index contributed by atoms with van der Waals surface area (Å²) >= 11 is 0. The SMILES string of the molecule is CC[C@H](C)NC(=O)[C@@H](C)N(Cc1cccc(C)c1)C(=O)CN(c1cccc(F)c1)S(C)(=O)=O. The summed E-state index contributed by atoms with van der Waals surface area (Å²) in [6.45, 7) is 6.90. The van der Waals surface area contributed by atoms with Crippen molar-refractivity contribution in [2.24, 2.45) is 0 Å². The van der Waals surface area contributed by atoms with Gasteiger partial charge in [-0.2, -0.15) is 0 Å². The van der Waals surface area contributed by atoms with Crippen LogP contribution in [-0.2, 0) is 26.2 Å². The highest BCUT2D eigenvalue weighted by molar-refractivity contribution is 7.92. The molecule has 7 nitrogen and oxygen atoms in total. The van der Waals surface area contributed by atoms with Gasteiger partial charge in [0.25, 0.3) is 0 Å². The minimum atomic E-state index is -3.89. The summed E-state index contributed by atoms with van der Waals surface area (Å²) in [4.78, 5) is 27.6. The van der Waals surface area contributed by atoms with Crippen molar-refractivity contribution in [1.82, 2.24) is 10.2 Å². The normalized spacial score (nSPS) is 13.2. The van der Waals surface area contributed by atoms with E-state index < -0.39 is 34.3 Å². The van der Waals surface area contributed by atoms with Gasteiger partial charge in [0.1, 0.15) is 18.4 Å². The Morgan fingerprint density at radius 2 is 1.76 bits per heavy atom. The lowest BCUT2D eigenvalue weighted by Crippen LogP contribution is -2.52. The number of nitrogens with one attached hydrogen (secondary N) is 1.